The van der Waals surface area contributed by atoms with Gasteiger partial charge in [-0.1, -0.05) is 153 Å². The summed E-state index contributed by atoms with van der Waals surface area (Å²) >= 11 is 0. The largest absolute Gasteiger partial charge is 0.312 e. The first kappa shape index (κ1) is 37.7. The lowest BCUT2D eigenvalue weighted by molar-refractivity contribution is 0.642. The van der Waals surface area contributed by atoms with Crippen LogP contribution in [0.1, 0.15) is 25.0 Å². The van der Waals surface area contributed by atoms with Crippen molar-refractivity contribution in [2.45, 2.75) is 19.3 Å². The van der Waals surface area contributed by atoms with Gasteiger partial charge in [0.15, 0.2) is 0 Å². The van der Waals surface area contributed by atoms with Crippen molar-refractivity contribution >= 4 is 106 Å². The average molecular weight is 867 g/mol. The van der Waals surface area contributed by atoms with Gasteiger partial charge in [0, 0.05) is 71.9 Å². The van der Waals surface area contributed by atoms with Crippen molar-refractivity contribution in [3.05, 3.63) is 236 Å². The summed E-state index contributed by atoms with van der Waals surface area (Å²) < 4.78 is 7.43. The fourth-order valence-electron chi connectivity index (χ4n) is 12.7. The van der Waals surface area contributed by atoms with Crippen molar-refractivity contribution in [2.24, 2.45) is 0 Å². The molecule has 0 fully saturated rings. The van der Waals surface area contributed by atoms with Gasteiger partial charge in [0.05, 0.1) is 33.1 Å². The van der Waals surface area contributed by atoms with Crippen LogP contribution in [-0.2, 0) is 5.41 Å². The molecule has 0 aliphatic carbocycles. The smallest absolute Gasteiger partial charge is 0.247 e. The zero-order chi connectivity index (χ0) is 44.8. The number of benzene rings is 10. The first-order chi connectivity index (χ1) is 33.5. The molecule has 2 aliphatic rings. The van der Waals surface area contributed by atoms with E-state index in [1.807, 2.05) is 0 Å². The third-order valence-corrected chi connectivity index (χ3v) is 15.5. The normalized spacial score (nSPS) is 13.8. The number of aromatic nitrogens is 3. The van der Waals surface area contributed by atoms with Crippen LogP contribution in [0.5, 0.6) is 0 Å². The van der Waals surface area contributed by atoms with E-state index in [1.54, 1.807) is 0 Å². The van der Waals surface area contributed by atoms with Crippen LogP contribution in [0, 0.1) is 0 Å². The molecule has 10 aromatic carbocycles. The summed E-state index contributed by atoms with van der Waals surface area (Å²) in [4.78, 5) is 2.55. The molecule has 0 N–H and O–H groups in total. The van der Waals surface area contributed by atoms with Gasteiger partial charge in [-0.15, -0.1) is 0 Å². The number of rotatable bonds is 4. The Bertz CT molecular complexity index is 4100. The van der Waals surface area contributed by atoms with Gasteiger partial charge in [-0.3, -0.25) is 0 Å². The van der Waals surface area contributed by atoms with E-state index in [1.165, 1.54) is 110 Å². The Morgan fingerprint density at radius 2 is 0.706 bits per heavy atom. The number of anilines is 3. The molecular weight excluding hydrogens is 824 g/mol. The fourth-order valence-corrected chi connectivity index (χ4v) is 12.7. The number of nitrogens with zero attached hydrogens (tertiary/aromatic N) is 4. The highest BCUT2D eigenvalue weighted by atomic mass is 15.2. The summed E-state index contributed by atoms with van der Waals surface area (Å²) in [5.74, 6) is 0. The topological polar surface area (TPSA) is 18.0 Å². The molecular formula is C63H43BN4. The van der Waals surface area contributed by atoms with Crippen molar-refractivity contribution in [2.75, 3.05) is 4.90 Å². The van der Waals surface area contributed by atoms with E-state index < -0.39 is 0 Å². The standard InChI is InChI=1S/C63H43BN4/c1-63(2)49-23-9-10-24-50(49)64-51-39-42(67-54-27-13-5-19-45(54)46-20-6-14-28-55(46)67)35-36-58(51)66(41-33-31-40(32-34-41)65-52-25-11-3-17-43(52)44-18-4-12-26-53(44)65)60-38-37-59(61(63)62(60)64)68-56-29-15-7-21-47(56)48-22-8-16-30-57(48)68/h3-39H,1-2H3. The van der Waals surface area contributed by atoms with Gasteiger partial charge < -0.3 is 18.6 Å². The first-order valence-corrected chi connectivity index (χ1v) is 23.8. The number of hydrogen-bond acceptors (Lipinski definition) is 1. The molecule has 0 saturated carbocycles. The molecule has 3 aromatic heterocycles. The van der Waals surface area contributed by atoms with Crippen molar-refractivity contribution < 1.29 is 0 Å². The lowest BCUT2D eigenvalue weighted by Crippen LogP contribution is -2.64. The van der Waals surface area contributed by atoms with Crippen LogP contribution < -0.4 is 21.3 Å². The Morgan fingerprint density at radius 3 is 1.22 bits per heavy atom. The van der Waals surface area contributed by atoms with Crippen molar-refractivity contribution in [3.8, 4) is 17.1 Å². The van der Waals surface area contributed by atoms with Crippen LogP contribution in [0.15, 0.2) is 224 Å². The quantitative estimate of drug-likeness (QED) is 0.161. The molecule has 2 aliphatic heterocycles. The van der Waals surface area contributed by atoms with E-state index in [0.29, 0.717) is 0 Å². The minimum absolute atomic E-state index is 0.0200. The van der Waals surface area contributed by atoms with Crippen molar-refractivity contribution in [3.63, 3.8) is 0 Å². The predicted octanol–water partition coefficient (Wildman–Crippen LogP) is 13.9. The van der Waals surface area contributed by atoms with Crippen LogP contribution >= 0.6 is 0 Å². The number of hydrogen-bond donors (Lipinski definition) is 0. The van der Waals surface area contributed by atoms with Gasteiger partial charge in [0.25, 0.3) is 0 Å². The molecule has 4 nitrogen and oxygen atoms in total. The van der Waals surface area contributed by atoms with Crippen LogP contribution in [0.4, 0.5) is 17.1 Å². The van der Waals surface area contributed by atoms with Gasteiger partial charge in [-0.2, -0.15) is 0 Å². The van der Waals surface area contributed by atoms with Gasteiger partial charge in [-0.25, -0.2) is 0 Å². The van der Waals surface area contributed by atoms with Crippen LogP contribution in [-0.4, -0.2) is 20.4 Å². The van der Waals surface area contributed by atoms with E-state index in [2.05, 4.69) is 257 Å². The predicted molar refractivity (Wildman–Crippen MR) is 287 cm³/mol. The molecule has 0 saturated heterocycles. The molecule has 0 radical (unpaired) electrons. The van der Waals surface area contributed by atoms with Gasteiger partial charge >= 0.3 is 0 Å². The third kappa shape index (κ3) is 4.95. The Kier molecular flexibility index (Phi) is 7.62. The lowest BCUT2D eigenvalue weighted by atomic mass is 9.30. The molecule has 0 unspecified atom stereocenters. The minimum atomic E-state index is -0.339. The second-order valence-corrected chi connectivity index (χ2v) is 19.2. The second-order valence-electron chi connectivity index (χ2n) is 19.2. The molecule has 68 heavy (non-hydrogen) atoms. The Hall–Kier alpha value is -8.54. The van der Waals surface area contributed by atoms with Gasteiger partial charge in [0.1, 0.15) is 0 Å². The Labute approximate surface area is 394 Å². The van der Waals surface area contributed by atoms with Gasteiger partial charge in [-0.05, 0) is 113 Å². The van der Waals surface area contributed by atoms with Crippen molar-refractivity contribution in [1.82, 2.24) is 13.7 Å². The molecule has 0 atom stereocenters. The highest BCUT2D eigenvalue weighted by molar-refractivity contribution is 6.99. The average Bonchev–Trinajstić information content (AvgIpc) is 4.03. The molecule has 5 heteroatoms. The van der Waals surface area contributed by atoms with E-state index >= 15 is 0 Å². The maximum atomic E-state index is 2.55. The van der Waals surface area contributed by atoms with Gasteiger partial charge in [0.2, 0.25) is 6.71 Å². The summed E-state index contributed by atoms with van der Waals surface area (Å²) in [5.41, 5.74) is 20.8. The zero-order valence-electron chi connectivity index (χ0n) is 37.7. The maximum absolute atomic E-state index is 2.55. The van der Waals surface area contributed by atoms with E-state index in [0.717, 1.165) is 17.1 Å². The Balaban J connectivity index is 1.03. The summed E-state index contributed by atoms with van der Waals surface area (Å²) in [5, 5.41) is 7.59. The number of fused-ring (bicyclic) bond motifs is 13. The molecule has 5 heterocycles. The van der Waals surface area contributed by atoms with Crippen molar-refractivity contribution in [1.29, 1.82) is 0 Å². The fraction of sp³-hybridized carbons (Fsp3) is 0.0476. The molecule has 0 amide bonds. The zero-order valence-corrected chi connectivity index (χ0v) is 37.7. The van der Waals surface area contributed by atoms with Crippen LogP contribution in [0.25, 0.3) is 82.5 Å². The molecule has 0 bridgehead atoms. The maximum Gasteiger partial charge on any atom is 0.247 e. The highest BCUT2D eigenvalue weighted by Gasteiger charge is 2.47. The molecule has 318 valence electrons. The SMILES string of the molecule is CC1(C)c2ccccc2B2c3cc(-n4c5ccccc5c5ccccc54)ccc3N(c3ccc(-n4c5ccccc5c5ccccc54)cc3)c3ccc(-n4c5ccccc5c5ccccc54)c1c32. The monoisotopic (exact) mass is 866 g/mol. The molecule has 0 spiro atoms. The minimum Gasteiger partial charge on any atom is -0.312 e. The second kappa shape index (κ2) is 13.8. The highest BCUT2D eigenvalue weighted by Crippen LogP contribution is 2.47. The van der Waals surface area contributed by atoms with E-state index in [-0.39, 0.29) is 12.1 Å². The van der Waals surface area contributed by atoms with E-state index in [9.17, 15) is 0 Å². The third-order valence-electron chi connectivity index (χ3n) is 15.5. The Morgan fingerprint density at radius 1 is 0.324 bits per heavy atom. The summed E-state index contributed by atoms with van der Waals surface area (Å²) in [6, 6.07) is 83.7. The first-order valence-electron chi connectivity index (χ1n) is 23.8. The summed E-state index contributed by atoms with van der Waals surface area (Å²) in [7, 11) is 0. The van der Waals surface area contributed by atoms with Crippen LogP contribution in [0.3, 0.4) is 0 Å². The van der Waals surface area contributed by atoms with E-state index in [4.69, 9.17) is 0 Å². The molecule has 15 rings (SSSR count). The summed E-state index contributed by atoms with van der Waals surface area (Å²) in [6.07, 6.45) is 0. The number of para-hydroxylation sites is 6. The summed E-state index contributed by atoms with van der Waals surface area (Å²) in [6.45, 7) is 4.88. The van der Waals surface area contributed by atoms with Crippen LogP contribution in [0.2, 0.25) is 0 Å². The lowest BCUT2D eigenvalue weighted by Gasteiger charge is -2.46. The molecule has 13 aromatic rings.